The summed E-state index contributed by atoms with van der Waals surface area (Å²) in [7, 11) is 0. The van der Waals surface area contributed by atoms with Gasteiger partial charge < -0.3 is 10.8 Å². The molecule has 58 valence electrons. The Balaban J connectivity index is 3.33. The monoisotopic (exact) mass is 143 g/mol. The fraction of sp³-hybridized carbons (Fsp3) is 0.571. The lowest BCUT2D eigenvalue weighted by atomic mass is 10.1. The highest BCUT2D eigenvalue weighted by Crippen LogP contribution is 1.98. The quantitative estimate of drug-likeness (QED) is 0.558. The molecule has 3 N–H and O–H groups in total. The van der Waals surface area contributed by atoms with E-state index in [-0.39, 0.29) is 12.5 Å². The molecule has 0 aromatic rings. The van der Waals surface area contributed by atoms with Gasteiger partial charge in [0, 0.05) is 6.04 Å². The summed E-state index contributed by atoms with van der Waals surface area (Å²) in [5.41, 5.74) is 5.43. The predicted octanol–water partition coefficient (Wildman–Crippen LogP) is 0.755. The van der Waals surface area contributed by atoms with Crippen LogP contribution in [-0.4, -0.2) is 17.1 Å². The fourth-order valence-corrected chi connectivity index (χ4v) is 0.658. The largest absolute Gasteiger partial charge is 0.481 e. The minimum Gasteiger partial charge on any atom is -0.481 e. The molecule has 0 amide bonds. The lowest BCUT2D eigenvalue weighted by Gasteiger charge is -2.04. The second-order valence-electron chi connectivity index (χ2n) is 2.22. The molecule has 3 heteroatoms. The molecule has 3 nitrogen and oxygen atoms in total. The van der Waals surface area contributed by atoms with Gasteiger partial charge in [-0.15, -0.1) is 6.58 Å². The molecule has 0 unspecified atom stereocenters. The normalized spacial score (nSPS) is 12.5. The van der Waals surface area contributed by atoms with Crippen molar-refractivity contribution in [1.29, 1.82) is 0 Å². The SMILES string of the molecule is C=CCC[C@@H](N)CC(=O)O. The summed E-state index contributed by atoms with van der Waals surface area (Å²) in [4.78, 5) is 10.1. The molecular formula is C7H13NO2. The van der Waals surface area contributed by atoms with E-state index in [2.05, 4.69) is 6.58 Å². The van der Waals surface area contributed by atoms with E-state index in [1.54, 1.807) is 6.08 Å². The van der Waals surface area contributed by atoms with E-state index in [0.717, 1.165) is 6.42 Å². The van der Waals surface area contributed by atoms with Gasteiger partial charge in [0.25, 0.3) is 0 Å². The average molecular weight is 143 g/mol. The van der Waals surface area contributed by atoms with Crippen molar-refractivity contribution in [2.24, 2.45) is 5.73 Å². The summed E-state index contributed by atoms with van der Waals surface area (Å²) < 4.78 is 0. The first-order chi connectivity index (χ1) is 4.66. The predicted molar refractivity (Wildman–Crippen MR) is 39.7 cm³/mol. The summed E-state index contributed by atoms with van der Waals surface area (Å²) in [6.45, 7) is 3.51. The summed E-state index contributed by atoms with van der Waals surface area (Å²) >= 11 is 0. The molecule has 0 aliphatic rings. The Morgan fingerprint density at radius 2 is 2.40 bits per heavy atom. The number of hydrogen-bond acceptors (Lipinski definition) is 2. The van der Waals surface area contributed by atoms with E-state index in [9.17, 15) is 4.79 Å². The van der Waals surface area contributed by atoms with Gasteiger partial charge in [-0.25, -0.2) is 0 Å². The number of carboxylic acids is 1. The van der Waals surface area contributed by atoms with Gasteiger partial charge in [0.2, 0.25) is 0 Å². The number of hydrogen-bond donors (Lipinski definition) is 2. The van der Waals surface area contributed by atoms with E-state index in [1.807, 2.05) is 0 Å². The van der Waals surface area contributed by atoms with E-state index in [0.29, 0.717) is 6.42 Å². The molecule has 10 heavy (non-hydrogen) atoms. The lowest BCUT2D eigenvalue weighted by molar-refractivity contribution is -0.137. The number of carbonyl (C=O) groups is 1. The first kappa shape index (κ1) is 9.17. The summed E-state index contributed by atoms with van der Waals surface area (Å²) in [6, 6.07) is -0.226. The van der Waals surface area contributed by atoms with Crippen molar-refractivity contribution in [3.8, 4) is 0 Å². The molecule has 0 saturated carbocycles. The van der Waals surface area contributed by atoms with Crippen LogP contribution in [0.2, 0.25) is 0 Å². The topological polar surface area (TPSA) is 63.3 Å². The zero-order valence-corrected chi connectivity index (χ0v) is 5.92. The number of carboxylic acid groups (broad SMARTS) is 1. The Hall–Kier alpha value is -0.830. The molecule has 0 fully saturated rings. The number of allylic oxidation sites excluding steroid dienone is 1. The Morgan fingerprint density at radius 1 is 1.80 bits per heavy atom. The van der Waals surface area contributed by atoms with Crippen molar-refractivity contribution in [2.45, 2.75) is 25.3 Å². The zero-order valence-electron chi connectivity index (χ0n) is 5.92. The van der Waals surface area contributed by atoms with Crippen molar-refractivity contribution in [1.82, 2.24) is 0 Å². The molecule has 0 heterocycles. The van der Waals surface area contributed by atoms with E-state index < -0.39 is 5.97 Å². The molecule has 1 atom stereocenters. The van der Waals surface area contributed by atoms with Gasteiger partial charge in [-0.1, -0.05) is 6.08 Å². The summed E-state index contributed by atoms with van der Waals surface area (Å²) in [5.74, 6) is -0.837. The Bertz CT molecular complexity index is 123. The second kappa shape index (κ2) is 4.99. The molecular weight excluding hydrogens is 130 g/mol. The third kappa shape index (κ3) is 5.31. The van der Waals surface area contributed by atoms with Crippen molar-refractivity contribution < 1.29 is 9.90 Å². The van der Waals surface area contributed by atoms with Crippen molar-refractivity contribution in [3.63, 3.8) is 0 Å². The Labute approximate surface area is 60.5 Å². The second-order valence-corrected chi connectivity index (χ2v) is 2.22. The van der Waals surface area contributed by atoms with Crippen LogP contribution in [-0.2, 0) is 4.79 Å². The van der Waals surface area contributed by atoms with Gasteiger partial charge in [0.1, 0.15) is 0 Å². The number of rotatable bonds is 5. The van der Waals surface area contributed by atoms with E-state index in [1.165, 1.54) is 0 Å². The van der Waals surface area contributed by atoms with E-state index in [4.69, 9.17) is 10.8 Å². The van der Waals surface area contributed by atoms with Crippen LogP contribution in [0, 0.1) is 0 Å². The fourth-order valence-electron chi connectivity index (χ4n) is 0.658. The van der Waals surface area contributed by atoms with Crippen molar-refractivity contribution >= 4 is 5.97 Å². The number of aliphatic carboxylic acids is 1. The van der Waals surface area contributed by atoms with Gasteiger partial charge in [0.15, 0.2) is 0 Å². The summed E-state index contributed by atoms with van der Waals surface area (Å²) in [6.07, 6.45) is 3.28. The van der Waals surface area contributed by atoms with Gasteiger partial charge in [-0.3, -0.25) is 4.79 Å². The summed E-state index contributed by atoms with van der Waals surface area (Å²) in [5, 5.41) is 8.28. The molecule has 0 aliphatic heterocycles. The standard InChI is InChI=1S/C7H13NO2/c1-2-3-4-6(8)5-7(9)10/h2,6H,1,3-5,8H2,(H,9,10)/t6-/m1/s1. The Morgan fingerprint density at radius 3 is 2.80 bits per heavy atom. The van der Waals surface area contributed by atoms with Crippen LogP contribution in [0.3, 0.4) is 0 Å². The maximum absolute atomic E-state index is 10.1. The smallest absolute Gasteiger partial charge is 0.304 e. The van der Waals surface area contributed by atoms with Crippen LogP contribution in [0.25, 0.3) is 0 Å². The lowest BCUT2D eigenvalue weighted by Crippen LogP contribution is -2.23. The highest BCUT2D eigenvalue weighted by Gasteiger charge is 2.05. The highest BCUT2D eigenvalue weighted by molar-refractivity contribution is 5.67. The van der Waals surface area contributed by atoms with Crippen LogP contribution in [0.15, 0.2) is 12.7 Å². The van der Waals surface area contributed by atoms with Crippen molar-refractivity contribution in [3.05, 3.63) is 12.7 Å². The molecule has 0 aromatic heterocycles. The van der Waals surface area contributed by atoms with E-state index >= 15 is 0 Å². The third-order valence-electron chi connectivity index (χ3n) is 1.18. The maximum atomic E-state index is 10.1. The molecule has 0 aromatic carbocycles. The molecule has 0 bridgehead atoms. The van der Waals surface area contributed by atoms with Crippen LogP contribution >= 0.6 is 0 Å². The number of nitrogens with two attached hydrogens (primary N) is 1. The van der Waals surface area contributed by atoms with Crippen LogP contribution < -0.4 is 5.73 Å². The van der Waals surface area contributed by atoms with Gasteiger partial charge >= 0.3 is 5.97 Å². The molecule has 0 spiro atoms. The molecule has 0 radical (unpaired) electrons. The first-order valence-corrected chi connectivity index (χ1v) is 3.25. The molecule has 0 saturated heterocycles. The van der Waals surface area contributed by atoms with Gasteiger partial charge in [-0.2, -0.15) is 0 Å². The van der Waals surface area contributed by atoms with Crippen molar-refractivity contribution in [2.75, 3.05) is 0 Å². The Kier molecular flexibility index (Phi) is 4.58. The van der Waals surface area contributed by atoms with Crippen LogP contribution in [0.1, 0.15) is 19.3 Å². The minimum absolute atomic E-state index is 0.0494. The average Bonchev–Trinajstić information content (AvgIpc) is 1.82. The highest BCUT2D eigenvalue weighted by atomic mass is 16.4. The van der Waals surface area contributed by atoms with Gasteiger partial charge in [0.05, 0.1) is 6.42 Å². The first-order valence-electron chi connectivity index (χ1n) is 3.25. The van der Waals surface area contributed by atoms with Gasteiger partial charge in [-0.05, 0) is 12.8 Å². The maximum Gasteiger partial charge on any atom is 0.304 e. The van der Waals surface area contributed by atoms with Crippen LogP contribution in [0.5, 0.6) is 0 Å². The minimum atomic E-state index is -0.837. The van der Waals surface area contributed by atoms with Crippen LogP contribution in [0.4, 0.5) is 0 Å². The third-order valence-corrected chi connectivity index (χ3v) is 1.18. The molecule has 0 rings (SSSR count). The molecule has 0 aliphatic carbocycles. The zero-order chi connectivity index (χ0) is 7.98.